The van der Waals surface area contributed by atoms with Gasteiger partial charge in [-0.3, -0.25) is 9.48 Å². The third-order valence-corrected chi connectivity index (χ3v) is 2.35. The van der Waals surface area contributed by atoms with Gasteiger partial charge >= 0.3 is 0 Å². The Labute approximate surface area is 98.7 Å². The summed E-state index contributed by atoms with van der Waals surface area (Å²) in [5.41, 5.74) is 1.26. The van der Waals surface area contributed by atoms with E-state index in [1.807, 2.05) is 6.07 Å². The zero-order valence-electron chi connectivity index (χ0n) is 8.71. The van der Waals surface area contributed by atoms with E-state index in [-0.39, 0.29) is 5.91 Å². The van der Waals surface area contributed by atoms with Crippen molar-refractivity contribution in [3.05, 3.63) is 42.2 Å². The van der Waals surface area contributed by atoms with Gasteiger partial charge < -0.3 is 5.32 Å². The smallest absolute Gasteiger partial charge is 0.255 e. The predicted octanol–water partition coefficient (Wildman–Crippen LogP) is 1.96. The van der Waals surface area contributed by atoms with Crippen molar-refractivity contribution in [3.63, 3.8) is 0 Å². The van der Waals surface area contributed by atoms with E-state index in [2.05, 4.69) is 23.0 Å². The maximum absolute atomic E-state index is 11.8. The maximum atomic E-state index is 11.8. The van der Waals surface area contributed by atoms with Crippen molar-refractivity contribution < 1.29 is 4.79 Å². The second-order valence-electron chi connectivity index (χ2n) is 3.41. The van der Waals surface area contributed by atoms with Crippen molar-refractivity contribution in [3.8, 4) is 0 Å². The minimum atomic E-state index is -0.163. The summed E-state index contributed by atoms with van der Waals surface area (Å²) in [4.78, 5) is 12.6. The van der Waals surface area contributed by atoms with E-state index >= 15 is 0 Å². The Balaban J connectivity index is 2.14. The molecule has 0 aliphatic heterocycles. The second-order valence-corrected chi connectivity index (χ2v) is 3.92. The van der Waals surface area contributed by atoms with Crippen LogP contribution in [0.3, 0.4) is 0 Å². The molecule has 0 fully saturated rings. The van der Waals surface area contributed by atoms with Gasteiger partial charge in [-0.25, -0.2) is 0 Å². The van der Waals surface area contributed by atoms with Gasteiger partial charge in [-0.05, 0) is 18.2 Å². The van der Waals surface area contributed by atoms with Gasteiger partial charge in [-0.1, -0.05) is 6.07 Å². The number of nitrogens with one attached hydrogen (secondary N) is 1. The molecular formula is C11H11N3OS. The first kappa shape index (κ1) is 10.8. The van der Waals surface area contributed by atoms with E-state index in [1.165, 1.54) is 0 Å². The van der Waals surface area contributed by atoms with E-state index < -0.39 is 0 Å². The van der Waals surface area contributed by atoms with Gasteiger partial charge in [0.05, 0.1) is 11.9 Å². The fourth-order valence-corrected chi connectivity index (χ4v) is 1.56. The number of nitrogens with zero attached hydrogens (tertiary/aromatic N) is 2. The Morgan fingerprint density at radius 3 is 2.94 bits per heavy atom. The summed E-state index contributed by atoms with van der Waals surface area (Å²) in [6, 6.07) is 7.07. The van der Waals surface area contributed by atoms with Crippen LogP contribution in [0.5, 0.6) is 0 Å². The van der Waals surface area contributed by atoms with Crippen LogP contribution in [0.1, 0.15) is 10.4 Å². The molecule has 1 amide bonds. The molecule has 0 radical (unpaired) electrons. The van der Waals surface area contributed by atoms with Crippen LogP contribution < -0.4 is 5.32 Å². The van der Waals surface area contributed by atoms with E-state index in [1.54, 1.807) is 42.3 Å². The highest BCUT2D eigenvalue weighted by atomic mass is 32.1. The Morgan fingerprint density at radius 1 is 1.50 bits per heavy atom. The van der Waals surface area contributed by atoms with Gasteiger partial charge in [0, 0.05) is 23.7 Å². The summed E-state index contributed by atoms with van der Waals surface area (Å²) < 4.78 is 1.63. The molecule has 4 nitrogen and oxygen atoms in total. The van der Waals surface area contributed by atoms with Crippen LogP contribution in [-0.4, -0.2) is 15.7 Å². The summed E-state index contributed by atoms with van der Waals surface area (Å²) >= 11 is 4.18. The maximum Gasteiger partial charge on any atom is 0.255 e. The largest absolute Gasteiger partial charge is 0.319 e. The average Bonchev–Trinajstić information content (AvgIpc) is 2.64. The lowest BCUT2D eigenvalue weighted by Crippen LogP contribution is -2.11. The predicted molar refractivity (Wildman–Crippen MR) is 64.9 cm³/mol. The zero-order chi connectivity index (χ0) is 11.5. The Kier molecular flexibility index (Phi) is 2.96. The number of carbonyl (C=O) groups is 1. The van der Waals surface area contributed by atoms with E-state index in [4.69, 9.17) is 0 Å². The Bertz CT molecular complexity index is 521. The number of aromatic nitrogens is 2. The Hall–Kier alpha value is -1.75. The minimum absolute atomic E-state index is 0.163. The van der Waals surface area contributed by atoms with Gasteiger partial charge in [0.1, 0.15) is 0 Å². The fourth-order valence-electron chi connectivity index (χ4n) is 1.34. The molecule has 1 N–H and O–H groups in total. The molecule has 0 atom stereocenters. The molecule has 0 unspecified atom stereocenters. The first-order valence-electron chi connectivity index (χ1n) is 4.74. The molecule has 5 heteroatoms. The van der Waals surface area contributed by atoms with Crippen LogP contribution >= 0.6 is 12.6 Å². The van der Waals surface area contributed by atoms with Gasteiger partial charge in [-0.2, -0.15) is 5.10 Å². The SMILES string of the molecule is Cn1cc(NC(=O)c2cccc(S)c2)cn1. The normalized spacial score (nSPS) is 10.1. The molecule has 1 aromatic heterocycles. The lowest BCUT2D eigenvalue weighted by molar-refractivity contribution is 0.102. The standard InChI is InChI=1S/C11H11N3OS/c1-14-7-9(6-12-14)13-11(15)8-3-2-4-10(16)5-8/h2-7,16H,1H3,(H,13,15). The first-order chi connectivity index (χ1) is 7.65. The third kappa shape index (κ3) is 2.43. The van der Waals surface area contributed by atoms with Crippen molar-refractivity contribution in [2.75, 3.05) is 5.32 Å². The van der Waals surface area contributed by atoms with Crippen molar-refractivity contribution in [2.24, 2.45) is 7.05 Å². The van der Waals surface area contributed by atoms with E-state index in [0.29, 0.717) is 11.3 Å². The number of hydrogen-bond acceptors (Lipinski definition) is 3. The quantitative estimate of drug-likeness (QED) is 0.779. The highest BCUT2D eigenvalue weighted by Gasteiger charge is 2.06. The van der Waals surface area contributed by atoms with Gasteiger partial charge in [0.25, 0.3) is 5.91 Å². The van der Waals surface area contributed by atoms with Crippen molar-refractivity contribution in [1.82, 2.24) is 9.78 Å². The van der Waals surface area contributed by atoms with E-state index in [0.717, 1.165) is 4.90 Å². The number of anilines is 1. The van der Waals surface area contributed by atoms with Gasteiger partial charge in [0.15, 0.2) is 0 Å². The summed E-state index contributed by atoms with van der Waals surface area (Å²) in [6.07, 6.45) is 3.34. The van der Waals surface area contributed by atoms with Crippen LogP contribution in [0.15, 0.2) is 41.6 Å². The molecule has 0 bridgehead atoms. The lowest BCUT2D eigenvalue weighted by Gasteiger charge is -2.02. The molecule has 16 heavy (non-hydrogen) atoms. The first-order valence-corrected chi connectivity index (χ1v) is 5.19. The molecule has 2 rings (SSSR count). The molecule has 82 valence electrons. The highest BCUT2D eigenvalue weighted by Crippen LogP contribution is 2.11. The van der Waals surface area contributed by atoms with Crippen LogP contribution in [0, 0.1) is 0 Å². The molecule has 0 saturated carbocycles. The number of amides is 1. The number of rotatable bonds is 2. The van der Waals surface area contributed by atoms with E-state index in [9.17, 15) is 4.79 Å². The number of hydrogen-bond donors (Lipinski definition) is 2. The van der Waals surface area contributed by atoms with Gasteiger partial charge in [-0.15, -0.1) is 12.6 Å². The Morgan fingerprint density at radius 2 is 2.31 bits per heavy atom. The summed E-state index contributed by atoms with van der Waals surface area (Å²) in [7, 11) is 1.80. The number of thiol groups is 1. The molecule has 2 aromatic rings. The summed E-state index contributed by atoms with van der Waals surface area (Å²) in [5, 5.41) is 6.72. The second kappa shape index (κ2) is 4.40. The average molecular weight is 233 g/mol. The monoisotopic (exact) mass is 233 g/mol. The molecule has 0 aliphatic carbocycles. The number of benzene rings is 1. The highest BCUT2D eigenvalue weighted by molar-refractivity contribution is 7.80. The number of carbonyl (C=O) groups excluding carboxylic acids is 1. The summed E-state index contributed by atoms with van der Waals surface area (Å²) in [5.74, 6) is -0.163. The fraction of sp³-hybridized carbons (Fsp3) is 0.0909. The molecule has 1 heterocycles. The van der Waals surface area contributed by atoms with Crippen LogP contribution in [0.25, 0.3) is 0 Å². The topological polar surface area (TPSA) is 46.9 Å². The molecule has 0 saturated heterocycles. The molecule has 0 spiro atoms. The molecular weight excluding hydrogens is 222 g/mol. The zero-order valence-corrected chi connectivity index (χ0v) is 9.61. The van der Waals surface area contributed by atoms with Crippen LogP contribution in [0.2, 0.25) is 0 Å². The van der Waals surface area contributed by atoms with Crippen molar-refractivity contribution in [1.29, 1.82) is 0 Å². The third-order valence-electron chi connectivity index (χ3n) is 2.07. The van der Waals surface area contributed by atoms with Crippen LogP contribution in [0.4, 0.5) is 5.69 Å². The van der Waals surface area contributed by atoms with Gasteiger partial charge in [0.2, 0.25) is 0 Å². The number of aryl methyl sites for hydroxylation is 1. The molecule has 1 aromatic carbocycles. The minimum Gasteiger partial charge on any atom is -0.319 e. The molecule has 0 aliphatic rings. The van der Waals surface area contributed by atoms with Crippen LogP contribution in [-0.2, 0) is 7.05 Å². The lowest BCUT2D eigenvalue weighted by atomic mass is 10.2. The van der Waals surface area contributed by atoms with Crippen molar-refractivity contribution >= 4 is 24.2 Å². The summed E-state index contributed by atoms with van der Waals surface area (Å²) in [6.45, 7) is 0. The van der Waals surface area contributed by atoms with Crippen molar-refractivity contribution in [2.45, 2.75) is 4.90 Å².